The Bertz CT molecular complexity index is 640. The van der Waals surface area contributed by atoms with Crippen molar-refractivity contribution in [3.8, 4) is 0 Å². The van der Waals surface area contributed by atoms with Gasteiger partial charge in [0, 0.05) is 25.7 Å². The molecule has 0 radical (unpaired) electrons. The quantitative estimate of drug-likeness (QED) is 0.863. The Balaban J connectivity index is 2.14. The van der Waals surface area contributed by atoms with Crippen LogP contribution in [0.3, 0.4) is 0 Å². The molecular weight excluding hydrogens is 296 g/mol. The van der Waals surface area contributed by atoms with E-state index < -0.39 is 5.60 Å². The molecule has 1 aliphatic carbocycles. The Morgan fingerprint density at radius 1 is 0.917 bits per heavy atom. The molecule has 2 aromatic rings. The van der Waals surface area contributed by atoms with Crippen LogP contribution >= 0.6 is 0 Å². The van der Waals surface area contributed by atoms with Crippen LogP contribution in [0.4, 0.5) is 0 Å². The van der Waals surface area contributed by atoms with Crippen molar-refractivity contribution >= 4 is 5.71 Å². The minimum atomic E-state index is -1.04. The standard InChI is InChI=1S/C21H26N2O/c1-23(2)22-20-16-10-9-15-19(20)21(24,17-11-5-3-6-12-17)18-13-7-4-8-14-18/h3-8,11-14,19,24H,9-10,15-16H2,1-2H3. The van der Waals surface area contributed by atoms with Gasteiger partial charge in [0.15, 0.2) is 0 Å². The van der Waals surface area contributed by atoms with Gasteiger partial charge in [0.25, 0.3) is 0 Å². The van der Waals surface area contributed by atoms with E-state index in [1.165, 1.54) is 0 Å². The Kier molecular flexibility index (Phi) is 5.00. The summed E-state index contributed by atoms with van der Waals surface area (Å²) in [4.78, 5) is 0. The van der Waals surface area contributed by atoms with E-state index in [0.717, 1.165) is 42.5 Å². The molecule has 0 heterocycles. The molecule has 2 aromatic carbocycles. The molecule has 0 saturated heterocycles. The average molecular weight is 322 g/mol. The van der Waals surface area contributed by atoms with Crippen molar-refractivity contribution in [2.24, 2.45) is 11.0 Å². The van der Waals surface area contributed by atoms with Crippen LogP contribution in [0.25, 0.3) is 0 Å². The second-order valence-electron chi connectivity index (χ2n) is 6.74. The van der Waals surface area contributed by atoms with E-state index >= 15 is 0 Å². The van der Waals surface area contributed by atoms with Crippen LogP contribution in [0.2, 0.25) is 0 Å². The first-order valence-corrected chi connectivity index (χ1v) is 8.70. The third kappa shape index (κ3) is 3.22. The maximum absolute atomic E-state index is 12.0. The lowest BCUT2D eigenvalue weighted by Gasteiger charge is -2.40. The molecule has 0 bridgehead atoms. The summed E-state index contributed by atoms with van der Waals surface area (Å²) in [5.74, 6) is -0.00144. The number of hydrogen-bond donors (Lipinski definition) is 1. The highest BCUT2D eigenvalue weighted by molar-refractivity contribution is 5.89. The van der Waals surface area contributed by atoms with Crippen molar-refractivity contribution < 1.29 is 5.11 Å². The second kappa shape index (κ2) is 7.18. The molecule has 126 valence electrons. The zero-order chi connectivity index (χ0) is 17.0. The summed E-state index contributed by atoms with van der Waals surface area (Å²) in [6, 6.07) is 20.1. The third-order valence-corrected chi connectivity index (χ3v) is 4.84. The predicted octanol–water partition coefficient (Wildman–Crippen LogP) is 4.03. The second-order valence-corrected chi connectivity index (χ2v) is 6.74. The van der Waals surface area contributed by atoms with Gasteiger partial charge in [0.2, 0.25) is 0 Å². The van der Waals surface area contributed by atoms with Gasteiger partial charge in [-0.2, -0.15) is 5.10 Å². The monoisotopic (exact) mass is 322 g/mol. The highest BCUT2D eigenvalue weighted by Gasteiger charge is 2.43. The van der Waals surface area contributed by atoms with E-state index in [4.69, 9.17) is 5.10 Å². The van der Waals surface area contributed by atoms with Gasteiger partial charge in [0.1, 0.15) is 5.60 Å². The molecule has 24 heavy (non-hydrogen) atoms. The first-order chi connectivity index (χ1) is 11.6. The molecule has 3 rings (SSSR count). The number of benzene rings is 2. The molecule has 0 aromatic heterocycles. The van der Waals surface area contributed by atoms with Crippen molar-refractivity contribution in [2.45, 2.75) is 31.3 Å². The van der Waals surface area contributed by atoms with Crippen LogP contribution in [0.1, 0.15) is 36.8 Å². The summed E-state index contributed by atoms with van der Waals surface area (Å²) in [5, 5.41) is 18.5. The molecule has 1 fully saturated rings. The Hall–Kier alpha value is -2.13. The molecule has 0 spiro atoms. The highest BCUT2D eigenvalue weighted by atomic mass is 16.3. The number of nitrogens with zero attached hydrogens (tertiary/aromatic N) is 2. The van der Waals surface area contributed by atoms with E-state index in [2.05, 4.69) is 0 Å². The predicted molar refractivity (Wildman–Crippen MR) is 99.0 cm³/mol. The lowest BCUT2D eigenvalue weighted by molar-refractivity contribution is 0.0358. The van der Waals surface area contributed by atoms with Crippen molar-refractivity contribution in [3.63, 3.8) is 0 Å². The first kappa shape index (κ1) is 16.7. The van der Waals surface area contributed by atoms with Crippen molar-refractivity contribution in [2.75, 3.05) is 14.1 Å². The molecule has 1 saturated carbocycles. The van der Waals surface area contributed by atoms with Crippen LogP contribution in [0, 0.1) is 5.92 Å². The fraction of sp³-hybridized carbons (Fsp3) is 0.381. The SMILES string of the molecule is CN(C)N=C1CCCCC1C(O)(c1ccccc1)c1ccccc1. The largest absolute Gasteiger partial charge is 0.380 e. The maximum atomic E-state index is 12.0. The Morgan fingerprint density at radius 2 is 1.46 bits per heavy atom. The summed E-state index contributed by atoms with van der Waals surface area (Å²) in [5.41, 5.74) is 1.93. The molecule has 3 nitrogen and oxygen atoms in total. The number of hydrazone groups is 1. The lowest BCUT2D eigenvalue weighted by Crippen LogP contribution is -2.43. The normalized spacial score (nSPS) is 20.1. The number of aliphatic hydroxyl groups is 1. The molecular formula is C21H26N2O. The number of rotatable bonds is 4. The zero-order valence-corrected chi connectivity index (χ0v) is 14.5. The smallest absolute Gasteiger partial charge is 0.123 e. The van der Waals surface area contributed by atoms with Gasteiger partial charge in [-0.3, -0.25) is 0 Å². The Labute approximate surface area is 144 Å². The summed E-state index contributed by atoms with van der Waals surface area (Å²) < 4.78 is 0. The summed E-state index contributed by atoms with van der Waals surface area (Å²) in [7, 11) is 3.89. The summed E-state index contributed by atoms with van der Waals surface area (Å²) in [6.45, 7) is 0. The summed E-state index contributed by atoms with van der Waals surface area (Å²) >= 11 is 0. The fourth-order valence-corrected chi connectivity index (χ4v) is 3.78. The maximum Gasteiger partial charge on any atom is 0.123 e. The zero-order valence-electron chi connectivity index (χ0n) is 14.5. The summed E-state index contributed by atoms with van der Waals surface area (Å²) in [6.07, 6.45) is 4.17. The number of hydrogen-bond acceptors (Lipinski definition) is 3. The van der Waals surface area contributed by atoms with E-state index in [1.54, 1.807) is 0 Å². The highest BCUT2D eigenvalue weighted by Crippen LogP contribution is 2.42. The van der Waals surface area contributed by atoms with E-state index in [0.29, 0.717) is 0 Å². The first-order valence-electron chi connectivity index (χ1n) is 8.70. The molecule has 3 heteroatoms. The van der Waals surface area contributed by atoms with Crippen molar-refractivity contribution in [1.29, 1.82) is 0 Å². The molecule has 1 atom stereocenters. The molecule has 1 unspecified atom stereocenters. The van der Waals surface area contributed by atoms with Crippen LogP contribution < -0.4 is 0 Å². The van der Waals surface area contributed by atoms with Gasteiger partial charge in [-0.1, -0.05) is 67.1 Å². The van der Waals surface area contributed by atoms with Crippen molar-refractivity contribution in [1.82, 2.24) is 5.01 Å². The molecule has 1 aliphatic rings. The fourth-order valence-electron chi connectivity index (χ4n) is 3.78. The molecule has 0 aliphatic heterocycles. The van der Waals surface area contributed by atoms with Crippen LogP contribution in [-0.2, 0) is 5.60 Å². The van der Waals surface area contributed by atoms with Crippen LogP contribution in [0.5, 0.6) is 0 Å². The minimum absolute atomic E-state index is 0.00144. The lowest BCUT2D eigenvalue weighted by atomic mass is 9.69. The van der Waals surface area contributed by atoms with Gasteiger partial charge in [0.05, 0.1) is 0 Å². The van der Waals surface area contributed by atoms with E-state index in [9.17, 15) is 5.11 Å². The van der Waals surface area contributed by atoms with Crippen LogP contribution in [-0.4, -0.2) is 29.9 Å². The Morgan fingerprint density at radius 3 is 1.96 bits per heavy atom. The van der Waals surface area contributed by atoms with Gasteiger partial charge in [-0.05, 0) is 30.4 Å². The molecule has 1 N–H and O–H groups in total. The van der Waals surface area contributed by atoms with E-state index in [1.807, 2.05) is 79.8 Å². The van der Waals surface area contributed by atoms with Gasteiger partial charge >= 0.3 is 0 Å². The topological polar surface area (TPSA) is 35.8 Å². The van der Waals surface area contributed by atoms with Gasteiger partial charge in [-0.25, -0.2) is 0 Å². The van der Waals surface area contributed by atoms with Gasteiger partial charge in [-0.15, -0.1) is 0 Å². The van der Waals surface area contributed by atoms with Crippen molar-refractivity contribution in [3.05, 3.63) is 71.8 Å². The third-order valence-electron chi connectivity index (χ3n) is 4.84. The average Bonchev–Trinajstić information content (AvgIpc) is 2.62. The van der Waals surface area contributed by atoms with Crippen LogP contribution in [0.15, 0.2) is 65.8 Å². The minimum Gasteiger partial charge on any atom is -0.380 e. The van der Waals surface area contributed by atoms with Gasteiger partial charge < -0.3 is 10.1 Å². The van der Waals surface area contributed by atoms with E-state index in [-0.39, 0.29) is 5.92 Å². The molecule has 0 amide bonds.